The molecule has 5 nitrogen and oxygen atoms in total. The second kappa shape index (κ2) is 9.59. The van der Waals surface area contributed by atoms with Crippen LogP contribution in [0.1, 0.15) is 55.0 Å². The molecule has 1 atom stereocenters. The van der Waals surface area contributed by atoms with Crippen molar-refractivity contribution in [2.45, 2.75) is 59.3 Å². The highest BCUT2D eigenvalue weighted by Gasteiger charge is 2.35. The van der Waals surface area contributed by atoms with Crippen molar-refractivity contribution in [1.82, 2.24) is 4.98 Å². The van der Waals surface area contributed by atoms with Crippen LogP contribution in [0.4, 0.5) is 5.69 Å². The van der Waals surface area contributed by atoms with E-state index in [0.29, 0.717) is 6.54 Å². The van der Waals surface area contributed by atoms with E-state index in [1.165, 1.54) is 18.4 Å². The Labute approximate surface area is 202 Å². The van der Waals surface area contributed by atoms with Crippen LogP contribution in [0.5, 0.6) is 0 Å². The van der Waals surface area contributed by atoms with E-state index in [9.17, 15) is 4.79 Å². The third kappa shape index (κ3) is 5.00. The Kier molecular flexibility index (Phi) is 6.76. The van der Waals surface area contributed by atoms with Crippen LogP contribution in [0, 0.1) is 13.8 Å². The molecule has 5 heteroatoms. The normalized spacial score (nSPS) is 14.5. The SMILES string of the molecule is COC(=O)C(OC(C)(C)C)c1c(C)nc2c(c1-c1ccc(C)cc1)CN(c1ccccc1)CC2. The summed E-state index contributed by atoms with van der Waals surface area (Å²) in [7, 11) is 1.41. The van der Waals surface area contributed by atoms with Crippen LogP contribution >= 0.6 is 0 Å². The number of ether oxygens (including phenoxy) is 2. The number of carbonyl (C=O) groups is 1. The third-order valence-electron chi connectivity index (χ3n) is 6.19. The molecule has 0 N–H and O–H groups in total. The standard InChI is InChI=1S/C29H34N2O3/c1-19-12-14-21(15-13-19)26-23-18-31(22-10-8-7-9-11-22)17-16-24(23)30-20(2)25(26)27(28(32)33-6)34-29(3,4)5/h7-15,27H,16-18H2,1-6H3. The number of anilines is 1. The van der Waals surface area contributed by atoms with Gasteiger partial charge in [-0.3, -0.25) is 4.98 Å². The molecule has 0 aliphatic carbocycles. The molecule has 0 fully saturated rings. The number of fused-ring (bicyclic) bond motifs is 1. The molecule has 0 spiro atoms. The first-order chi connectivity index (χ1) is 16.2. The van der Waals surface area contributed by atoms with Gasteiger partial charge in [-0.1, -0.05) is 48.0 Å². The van der Waals surface area contributed by atoms with Gasteiger partial charge in [-0.25, -0.2) is 4.79 Å². The van der Waals surface area contributed by atoms with E-state index >= 15 is 0 Å². The van der Waals surface area contributed by atoms with Gasteiger partial charge in [0.1, 0.15) is 0 Å². The Bertz CT molecular complexity index is 1160. The second-order valence-corrected chi connectivity index (χ2v) is 9.92. The molecule has 2 heterocycles. The Morgan fingerprint density at radius 2 is 1.71 bits per heavy atom. The first-order valence-corrected chi connectivity index (χ1v) is 11.8. The lowest BCUT2D eigenvalue weighted by molar-refractivity contribution is -0.164. The molecule has 0 amide bonds. The summed E-state index contributed by atoms with van der Waals surface area (Å²) < 4.78 is 11.5. The second-order valence-electron chi connectivity index (χ2n) is 9.92. The zero-order chi connectivity index (χ0) is 24.5. The van der Waals surface area contributed by atoms with Crippen LogP contribution in [-0.2, 0) is 27.2 Å². The van der Waals surface area contributed by atoms with E-state index in [0.717, 1.165) is 46.6 Å². The monoisotopic (exact) mass is 458 g/mol. The van der Waals surface area contributed by atoms with Crippen LogP contribution in [-0.4, -0.2) is 30.2 Å². The van der Waals surface area contributed by atoms with Gasteiger partial charge in [0.15, 0.2) is 6.10 Å². The van der Waals surface area contributed by atoms with Gasteiger partial charge in [0.05, 0.1) is 12.7 Å². The Morgan fingerprint density at radius 3 is 2.32 bits per heavy atom. The maximum absolute atomic E-state index is 13.0. The molecular weight excluding hydrogens is 424 g/mol. The zero-order valence-electron chi connectivity index (χ0n) is 21.0. The minimum atomic E-state index is -0.869. The average molecular weight is 459 g/mol. The van der Waals surface area contributed by atoms with E-state index in [1.807, 2.05) is 33.8 Å². The largest absolute Gasteiger partial charge is 0.467 e. The van der Waals surface area contributed by atoms with E-state index in [1.54, 1.807) is 0 Å². The number of pyridine rings is 1. The smallest absolute Gasteiger partial charge is 0.339 e. The lowest BCUT2D eigenvalue weighted by atomic mass is 9.87. The lowest BCUT2D eigenvalue weighted by Gasteiger charge is -2.35. The summed E-state index contributed by atoms with van der Waals surface area (Å²) in [5, 5.41) is 0. The molecule has 34 heavy (non-hydrogen) atoms. The number of benzene rings is 2. The molecule has 0 bridgehead atoms. The van der Waals surface area contributed by atoms with E-state index in [-0.39, 0.29) is 0 Å². The van der Waals surface area contributed by atoms with Crippen LogP contribution in [0.2, 0.25) is 0 Å². The van der Waals surface area contributed by atoms with Crippen LogP contribution < -0.4 is 4.90 Å². The van der Waals surface area contributed by atoms with Gasteiger partial charge in [0, 0.05) is 47.7 Å². The van der Waals surface area contributed by atoms with Gasteiger partial charge < -0.3 is 14.4 Å². The molecule has 3 aromatic rings. The Balaban J connectivity index is 1.94. The fourth-order valence-electron chi connectivity index (χ4n) is 4.62. The van der Waals surface area contributed by atoms with Crippen LogP contribution in [0.25, 0.3) is 11.1 Å². The summed E-state index contributed by atoms with van der Waals surface area (Å²) in [6.07, 6.45) is -0.0288. The summed E-state index contributed by atoms with van der Waals surface area (Å²) in [5.74, 6) is -0.413. The van der Waals surface area contributed by atoms with Gasteiger partial charge in [0.25, 0.3) is 0 Å². The third-order valence-corrected chi connectivity index (χ3v) is 6.19. The number of para-hydroxylation sites is 1. The first kappa shape index (κ1) is 24.0. The van der Waals surface area contributed by atoms with Crippen molar-refractivity contribution in [2.75, 3.05) is 18.6 Å². The highest BCUT2D eigenvalue weighted by molar-refractivity contribution is 5.84. The zero-order valence-corrected chi connectivity index (χ0v) is 21.0. The summed E-state index contributed by atoms with van der Waals surface area (Å²) in [6, 6.07) is 18.9. The predicted octanol–water partition coefficient (Wildman–Crippen LogP) is 5.96. The Hall–Kier alpha value is -3.18. The summed E-state index contributed by atoms with van der Waals surface area (Å²) in [5.41, 5.74) is 7.75. The number of nitrogens with zero attached hydrogens (tertiary/aromatic N) is 2. The van der Waals surface area contributed by atoms with E-state index < -0.39 is 17.7 Å². The van der Waals surface area contributed by atoms with Crippen molar-refractivity contribution >= 4 is 11.7 Å². The predicted molar refractivity (Wildman–Crippen MR) is 136 cm³/mol. The molecule has 1 aliphatic rings. The molecule has 0 saturated heterocycles. The van der Waals surface area contributed by atoms with E-state index in [2.05, 4.69) is 60.4 Å². The minimum Gasteiger partial charge on any atom is -0.467 e. The van der Waals surface area contributed by atoms with Gasteiger partial charge in [-0.15, -0.1) is 0 Å². The van der Waals surface area contributed by atoms with Gasteiger partial charge in [0.2, 0.25) is 0 Å². The topological polar surface area (TPSA) is 51.7 Å². The maximum Gasteiger partial charge on any atom is 0.339 e. The Morgan fingerprint density at radius 1 is 1.03 bits per heavy atom. The van der Waals surface area contributed by atoms with Crippen molar-refractivity contribution in [3.63, 3.8) is 0 Å². The summed E-state index contributed by atoms with van der Waals surface area (Å²) in [4.78, 5) is 20.4. The molecule has 4 rings (SSSR count). The number of hydrogen-bond donors (Lipinski definition) is 0. The highest BCUT2D eigenvalue weighted by atomic mass is 16.6. The van der Waals surface area contributed by atoms with Crippen molar-refractivity contribution in [3.05, 3.63) is 82.7 Å². The first-order valence-electron chi connectivity index (χ1n) is 11.8. The molecule has 0 saturated carbocycles. The number of esters is 1. The van der Waals surface area contributed by atoms with Crippen LogP contribution in [0.15, 0.2) is 54.6 Å². The molecule has 0 radical (unpaired) electrons. The molecular formula is C29H34N2O3. The molecule has 1 aromatic heterocycles. The molecule has 1 aliphatic heterocycles. The molecule has 178 valence electrons. The quantitative estimate of drug-likeness (QED) is 0.442. The van der Waals surface area contributed by atoms with E-state index in [4.69, 9.17) is 14.5 Å². The number of hydrogen-bond acceptors (Lipinski definition) is 5. The van der Waals surface area contributed by atoms with Gasteiger partial charge in [-0.05, 0) is 57.9 Å². The van der Waals surface area contributed by atoms with Crippen molar-refractivity contribution < 1.29 is 14.3 Å². The summed E-state index contributed by atoms with van der Waals surface area (Å²) >= 11 is 0. The minimum absolute atomic E-state index is 0.413. The number of aryl methyl sites for hydroxylation is 2. The van der Waals surface area contributed by atoms with Gasteiger partial charge in [-0.2, -0.15) is 0 Å². The van der Waals surface area contributed by atoms with Crippen molar-refractivity contribution in [2.24, 2.45) is 0 Å². The number of aromatic nitrogens is 1. The van der Waals surface area contributed by atoms with Crippen molar-refractivity contribution in [3.8, 4) is 11.1 Å². The lowest BCUT2D eigenvalue weighted by Crippen LogP contribution is -2.34. The fourth-order valence-corrected chi connectivity index (χ4v) is 4.62. The average Bonchev–Trinajstić information content (AvgIpc) is 2.82. The van der Waals surface area contributed by atoms with Crippen molar-refractivity contribution in [1.29, 1.82) is 0 Å². The number of rotatable bonds is 5. The van der Waals surface area contributed by atoms with Crippen LogP contribution in [0.3, 0.4) is 0 Å². The number of methoxy groups -OCH3 is 1. The maximum atomic E-state index is 13.0. The highest BCUT2D eigenvalue weighted by Crippen LogP contribution is 2.41. The number of carbonyl (C=O) groups excluding carboxylic acids is 1. The molecule has 2 aromatic carbocycles. The molecule has 1 unspecified atom stereocenters. The summed E-state index contributed by atoms with van der Waals surface area (Å²) in [6.45, 7) is 11.5. The van der Waals surface area contributed by atoms with Gasteiger partial charge >= 0.3 is 5.97 Å². The fraction of sp³-hybridized carbons (Fsp3) is 0.379.